The Bertz CT molecular complexity index is 929. The van der Waals surface area contributed by atoms with Crippen molar-refractivity contribution in [2.45, 2.75) is 13.0 Å². The van der Waals surface area contributed by atoms with Crippen molar-refractivity contribution in [2.24, 2.45) is 7.05 Å². The second-order valence-corrected chi connectivity index (χ2v) is 6.99. The first kappa shape index (κ1) is 17.5. The zero-order valence-electron chi connectivity index (χ0n) is 15.6. The van der Waals surface area contributed by atoms with E-state index < -0.39 is 0 Å². The first-order valence-electron chi connectivity index (χ1n) is 9.36. The number of hydrogen-bond donors (Lipinski definition) is 1. The number of amides is 1. The monoisotopic (exact) mass is 360 g/mol. The number of benzene rings is 2. The molecule has 1 aliphatic heterocycles. The molecule has 0 aliphatic carbocycles. The predicted octanol–water partition coefficient (Wildman–Crippen LogP) is 2.88. The third-order valence-corrected chi connectivity index (χ3v) is 5.15. The van der Waals surface area contributed by atoms with E-state index in [0.29, 0.717) is 12.1 Å². The van der Waals surface area contributed by atoms with Crippen molar-refractivity contribution in [1.82, 2.24) is 19.8 Å². The molecule has 0 atom stereocenters. The Balaban J connectivity index is 1.29. The van der Waals surface area contributed by atoms with E-state index in [9.17, 15) is 4.79 Å². The molecule has 0 spiro atoms. The number of carbonyl (C=O) groups is 1. The highest BCUT2D eigenvalue weighted by atomic mass is 16.1. The summed E-state index contributed by atoms with van der Waals surface area (Å²) in [4.78, 5) is 19.1. The van der Waals surface area contributed by atoms with Gasteiger partial charge in [-0.3, -0.25) is 9.69 Å². The molecule has 0 saturated carbocycles. The molecule has 0 unspecified atom stereocenters. The van der Waals surface area contributed by atoms with E-state index in [1.807, 2.05) is 42.1 Å². The van der Waals surface area contributed by atoms with Crippen LogP contribution in [0.4, 0.5) is 0 Å². The van der Waals surface area contributed by atoms with Crippen LogP contribution < -0.4 is 5.32 Å². The lowest BCUT2D eigenvalue weighted by molar-refractivity contribution is 0.0947. The van der Waals surface area contributed by atoms with E-state index in [1.54, 1.807) is 6.20 Å². The van der Waals surface area contributed by atoms with Crippen LogP contribution in [0.3, 0.4) is 0 Å². The maximum atomic E-state index is 12.4. The van der Waals surface area contributed by atoms with E-state index in [0.717, 1.165) is 37.4 Å². The van der Waals surface area contributed by atoms with Gasteiger partial charge in [0.05, 0.1) is 0 Å². The molecular formula is C22H24N4O. The minimum absolute atomic E-state index is 0.0289. The van der Waals surface area contributed by atoms with Gasteiger partial charge in [-0.1, -0.05) is 36.4 Å². The summed E-state index contributed by atoms with van der Waals surface area (Å²) in [5, 5.41) is 3.03. The van der Waals surface area contributed by atoms with Crippen LogP contribution in [0.2, 0.25) is 0 Å². The zero-order chi connectivity index (χ0) is 18.6. The van der Waals surface area contributed by atoms with Crippen LogP contribution in [-0.2, 0) is 20.0 Å². The van der Waals surface area contributed by atoms with Gasteiger partial charge in [0.1, 0.15) is 5.82 Å². The molecule has 0 saturated heterocycles. The van der Waals surface area contributed by atoms with Crippen LogP contribution in [0.5, 0.6) is 0 Å². The number of hydrogen-bond acceptors (Lipinski definition) is 3. The van der Waals surface area contributed by atoms with Gasteiger partial charge in [-0.05, 0) is 29.7 Å². The van der Waals surface area contributed by atoms with E-state index in [1.165, 1.54) is 11.1 Å². The molecule has 1 aromatic heterocycles. The Labute approximate surface area is 159 Å². The molecule has 5 nitrogen and oxygen atoms in total. The minimum Gasteiger partial charge on any atom is -0.351 e. The number of aryl methyl sites for hydroxylation is 1. The average Bonchev–Trinajstić information content (AvgIpc) is 3.14. The van der Waals surface area contributed by atoms with Gasteiger partial charge in [-0.2, -0.15) is 0 Å². The van der Waals surface area contributed by atoms with Crippen LogP contribution in [0.15, 0.2) is 60.9 Å². The van der Waals surface area contributed by atoms with Crippen LogP contribution >= 0.6 is 0 Å². The van der Waals surface area contributed by atoms with Crippen molar-refractivity contribution < 1.29 is 4.79 Å². The summed E-state index contributed by atoms with van der Waals surface area (Å²) >= 11 is 0. The average molecular weight is 360 g/mol. The summed E-state index contributed by atoms with van der Waals surface area (Å²) in [6.07, 6.45) is 4.77. The molecule has 0 radical (unpaired) electrons. The highest BCUT2D eigenvalue weighted by Gasteiger charge is 2.15. The first-order valence-corrected chi connectivity index (χ1v) is 9.36. The molecule has 1 aliphatic rings. The number of nitrogens with zero attached hydrogens (tertiary/aromatic N) is 3. The van der Waals surface area contributed by atoms with Crippen LogP contribution in [-0.4, -0.2) is 40.0 Å². The van der Waals surface area contributed by atoms with Gasteiger partial charge in [-0.25, -0.2) is 4.98 Å². The molecule has 2 heterocycles. The summed E-state index contributed by atoms with van der Waals surface area (Å²) in [6.45, 7) is 3.53. The lowest BCUT2D eigenvalue weighted by atomic mass is 10.00. The van der Waals surface area contributed by atoms with Crippen molar-refractivity contribution in [1.29, 1.82) is 0 Å². The lowest BCUT2D eigenvalue weighted by Crippen LogP contribution is -2.37. The standard InChI is InChI=1S/C22H24N4O/c1-25-14-11-23-21(25)18-6-8-19(9-7-18)22(27)24-12-15-26-13-10-17-4-2-3-5-20(17)16-26/h2-9,11,14H,10,12-13,15-16H2,1H3,(H,24,27). The van der Waals surface area contributed by atoms with E-state index in [-0.39, 0.29) is 5.91 Å². The van der Waals surface area contributed by atoms with E-state index in [2.05, 4.69) is 39.5 Å². The summed E-state index contributed by atoms with van der Waals surface area (Å²) < 4.78 is 1.96. The SMILES string of the molecule is Cn1ccnc1-c1ccc(C(=O)NCCN2CCc3ccccc3C2)cc1. The molecule has 4 rings (SSSR count). The molecule has 138 valence electrons. The maximum absolute atomic E-state index is 12.4. The Morgan fingerprint density at radius 2 is 1.89 bits per heavy atom. The fourth-order valence-corrected chi connectivity index (χ4v) is 3.59. The Morgan fingerprint density at radius 3 is 2.63 bits per heavy atom. The van der Waals surface area contributed by atoms with Crippen molar-refractivity contribution in [3.05, 3.63) is 77.6 Å². The summed E-state index contributed by atoms with van der Waals surface area (Å²) in [7, 11) is 1.96. The molecule has 27 heavy (non-hydrogen) atoms. The molecule has 5 heteroatoms. The van der Waals surface area contributed by atoms with Gasteiger partial charge in [0.15, 0.2) is 0 Å². The minimum atomic E-state index is -0.0289. The number of carbonyl (C=O) groups excluding carboxylic acids is 1. The van der Waals surface area contributed by atoms with Gasteiger partial charge in [0.2, 0.25) is 0 Å². The molecule has 2 aromatic carbocycles. The maximum Gasteiger partial charge on any atom is 0.251 e. The third-order valence-electron chi connectivity index (χ3n) is 5.15. The number of nitrogens with one attached hydrogen (secondary N) is 1. The van der Waals surface area contributed by atoms with Gasteiger partial charge >= 0.3 is 0 Å². The molecule has 3 aromatic rings. The van der Waals surface area contributed by atoms with Crippen molar-refractivity contribution in [3.8, 4) is 11.4 Å². The fourth-order valence-electron chi connectivity index (χ4n) is 3.59. The van der Waals surface area contributed by atoms with Crippen molar-refractivity contribution >= 4 is 5.91 Å². The Kier molecular flexibility index (Phi) is 5.03. The van der Waals surface area contributed by atoms with Gasteiger partial charge in [0.25, 0.3) is 5.91 Å². The van der Waals surface area contributed by atoms with E-state index in [4.69, 9.17) is 0 Å². The fraction of sp³-hybridized carbons (Fsp3) is 0.273. The number of imidazole rings is 1. The number of fused-ring (bicyclic) bond motifs is 1. The summed E-state index contributed by atoms with van der Waals surface area (Å²) in [5.74, 6) is 0.867. The number of rotatable bonds is 5. The summed E-state index contributed by atoms with van der Waals surface area (Å²) in [5.41, 5.74) is 4.54. The smallest absolute Gasteiger partial charge is 0.251 e. The van der Waals surface area contributed by atoms with Crippen LogP contribution in [0.25, 0.3) is 11.4 Å². The molecule has 0 fully saturated rings. The third kappa shape index (κ3) is 3.93. The Hall–Kier alpha value is -2.92. The van der Waals surface area contributed by atoms with Gasteiger partial charge in [0, 0.05) is 56.7 Å². The molecular weight excluding hydrogens is 336 g/mol. The van der Waals surface area contributed by atoms with Gasteiger partial charge < -0.3 is 9.88 Å². The largest absolute Gasteiger partial charge is 0.351 e. The lowest BCUT2D eigenvalue weighted by Gasteiger charge is -2.28. The first-order chi connectivity index (χ1) is 13.2. The van der Waals surface area contributed by atoms with Crippen molar-refractivity contribution in [2.75, 3.05) is 19.6 Å². The molecule has 1 amide bonds. The van der Waals surface area contributed by atoms with Crippen molar-refractivity contribution in [3.63, 3.8) is 0 Å². The summed E-state index contributed by atoms with van der Waals surface area (Å²) in [6, 6.07) is 16.2. The predicted molar refractivity (Wildman–Crippen MR) is 106 cm³/mol. The molecule has 1 N–H and O–H groups in total. The van der Waals surface area contributed by atoms with Crippen LogP contribution in [0.1, 0.15) is 21.5 Å². The number of aromatic nitrogens is 2. The van der Waals surface area contributed by atoms with Crippen LogP contribution in [0, 0.1) is 0 Å². The quantitative estimate of drug-likeness (QED) is 0.761. The second kappa shape index (κ2) is 7.76. The van der Waals surface area contributed by atoms with E-state index >= 15 is 0 Å². The normalized spacial score (nSPS) is 14.0. The second-order valence-electron chi connectivity index (χ2n) is 6.99. The highest BCUT2D eigenvalue weighted by molar-refractivity contribution is 5.94. The van der Waals surface area contributed by atoms with Gasteiger partial charge in [-0.15, -0.1) is 0 Å². The molecule has 0 bridgehead atoms. The topological polar surface area (TPSA) is 50.2 Å². The Morgan fingerprint density at radius 1 is 1.11 bits per heavy atom. The highest BCUT2D eigenvalue weighted by Crippen LogP contribution is 2.18. The zero-order valence-corrected chi connectivity index (χ0v) is 15.6.